The second-order valence-corrected chi connectivity index (χ2v) is 7.67. The van der Waals surface area contributed by atoms with Crippen LogP contribution in [0.5, 0.6) is 17.2 Å². The summed E-state index contributed by atoms with van der Waals surface area (Å²) in [6.07, 6.45) is 1.29. The van der Waals surface area contributed by atoms with E-state index in [0.717, 1.165) is 17.5 Å². The van der Waals surface area contributed by atoms with Crippen LogP contribution in [0.1, 0.15) is 26.7 Å². The van der Waals surface area contributed by atoms with E-state index in [4.69, 9.17) is 23.7 Å². The molecule has 0 aromatic heterocycles. The van der Waals surface area contributed by atoms with E-state index >= 15 is 0 Å². The van der Waals surface area contributed by atoms with Gasteiger partial charge in [0.1, 0.15) is 17.2 Å². The molecule has 7 heteroatoms. The molecule has 0 radical (unpaired) electrons. The Morgan fingerprint density at radius 1 is 0.765 bits per heavy atom. The van der Waals surface area contributed by atoms with Crippen LogP contribution in [0.2, 0.25) is 0 Å². The van der Waals surface area contributed by atoms with Crippen molar-refractivity contribution in [1.29, 1.82) is 0 Å². The Bertz CT molecular complexity index is 993. The highest BCUT2D eigenvalue weighted by Gasteiger charge is 2.11. The first-order chi connectivity index (χ1) is 16.3. The molecule has 0 unspecified atom stereocenters. The molecule has 0 spiro atoms. The molecule has 182 valence electrons. The van der Waals surface area contributed by atoms with Crippen LogP contribution in [0, 0.1) is 0 Å². The molecule has 2 aromatic rings. The van der Waals surface area contributed by atoms with Gasteiger partial charge in [-0.15, -0.1) is 0 Å². The van der Waals surface area contributed by atoms with Crippen LogP contribution in [0.3, 0.4) is 0 Å². The minimum atomic E-state index is -0.467. The van der Waals surface area contributed by atoms with Crippen LogP contribution in [-0.2, 0) is 19.1 Å². The summed E-state index contributed by atoms with van der Waals surface area (Å²) in [4.78, 5) is 23.2. The number of methoxy groups -OCH3 is 1. The van der Waals surface area contributed by atoms with Crippen molar-refractivity contribution in [2.45, 2.75) is 26.7 Å². The van der Waals surface area contributed by atoms with Gasteiger partial charge in [0.25, 0.3) is 0 Å². The largest absolute Gasteiger partial charge is 0.493 e. The number of benzene rings is 2. The van der Waals surface area contributed by atoms with Crippen molar-refractivity contribution in [1.82, 2.24) is 0 Å². The molecule has 0 heterocycles. The summed E-state index contributed by atoms with van der Waals surface area (Å²) < 4.78 is 27.2. The molecule has 2 aromatic carbocycles. The molecular formula is C27H32O7. The molecular weight excluding hydrogens is 436 g/mol. The monoisotopic (exact) mass is 468 g/mol. The zero-order chi connectivity index (χ0) is 24.9. The highest BCUT2D eigenvalue weighted by Crippen LogP contribution is 2.34. The Labute approximate surface area is 200 Å². The summed E-state index contributed by atoms with van der Waals surface area (Å²) in [5, 5.41) is 0. The molecule has 0 saturated heterocycles. The second-order valence-electron chi connectivity index (χ2n) is 7.67. The van der Waals surface area contributed by atoms with Gasteiger partial charge < -0.3 is 23.7 Å². The summed E-state index contributed by atoms with van der Waals surface area (Å²) >= 11 is 0. The van der Waals surface area contributed by atoms with Crippen molar-refractivity contribution in [3.63, 3.8) is 0 Å². The topological polar surface area (TPSA) is 80.3 Å². The average molecular weight is 469 g/mol. The third kappa shape index (κ3) is 8.75. The van der Waals surface area contributed by atoms with E-state index in [1.165, 1.54) is 0 Å². The van der Waals surface area contributed by atoms with Gasteiger partial charge in [-0.25, -0.2) is 9.59 Å². The van der Waals surface area contributed by atoms with Crippen LogP contribution in [0.4, 0.5) is 0 Å². The minimum absolute atomic E-state index is 0.256. The fourth-order valence-corrected chi connectivity index (χ4v) is 2.77. The number of carbonyl (C=O) groups is 2. The highest BCUT2D eigenvalue weighted by atomic mass is 16.5. The maximum absolute atomic E-state index is 11.7. The molecule has 0 aliphatic heterocycles. The van der Waals surface area contributed by atoms with Crippen LogP contribution < -0.4 is 14.2 Å². The number of esters is 2. The van der Waals surface area contributed by atoms with Gasteiger partial charge >= 0.3 is 11.9 Å². The van der Waals surface area contributed by atoms with Crippen molar-refractivity contribution in [3.8, 4) is 28.4 Å². The van der Waals surface area contributed by atoms with Crippen LogP contribution in [-0.4, -0.2) is 45.5 Å². The Morgan fingerprint density at radius 2 is 1.38 bits per heavy atom. The van der Waals surface area contributed by atoms with E-state index in [1.807, 2.05) is 30.3 Å². The van der Waals surface area contributed by atoms with Crippen molar-refractivity contribution in [2.75, 3.05) is 33.5 Å². The molecule has 0 amide bonds. The molecule has 0 aliphatic rings. The number of hydrogen-bond acceptors (Lipinski definition) is 7. The Kier molecular flexibility index (Phi) is 10.9. The zero-order valence-corrected chi connectivity index (χ0v) is 20.1. The molecule has 0 aliphatic carbocycles. The van der Waals surface area contributed by atoms with Crippen LogP contribution in [0.25, 0.3) is 11.1 Å². The third-order valence-electron chi connectivity index (χ3n) is 4.57. The van der Waals surface area contributed by atoms with E-state index in [0.29, 0.717) is 54.6 Å². The Morgan fingerprint density at radius 3 is 2.03 bits per heavy atom. The predicted molar refractivity (Wildman–Crippen MR) is 130 cm³/mol. The Hall–Kier alpha value is -3.58. The van der Waals surface area contributed by atoms with Crippen molar-refractivity contribution in [3.05, 3.63) is 66.8 Å². The van der Waals surface area contributed by atoms with Crippen molar-refractivity contribution >= 4 is 11.9 Å². The SMILES string of the molecule is C=C(C)C(=O)OCCCOc1ccc(-c2ccc(OC(=O)C(=C)C)cc2)c(OCCCOC)c1. The molecule has 0 atom stereocenters. The van der Waals surface area contributed by atoms with E-state index in [9.17, 15) is 9.59 Å². The van der Waals surface area contributed by atoms with Crippen molar-refractivity contribution in [2.24, 2.45) is 0 Å². The summed E-state index contributed by atoms with van der Waals surface area (Å²) in [5.74, 6) is 0.867. The standard InChI is InChI=1S/C27H32O7/c1-19(2)26(28)33-17-7-15-31-23-12-13-24(25(18-23)32-16-6-14-30-5)21-8-10-22(11-9-21)34-27(29)20(3)4/h8-13,18H,1,3,6-7,14-17H2,2,4-5H3. The maximum atomic E-state index is 11.7. The van der Waals surface area contributed by atoms with Crippen LogP contribution >= 0.6 is 0 Å². The number of rotatable bonds is 14. The lowest BCUT2D eigenvalue weighted by atomic mass is 10.0. The van der Waals surface area contributed by atoms with Gasteiger partial charge in [-0.1, -0.05) is 25.3 Å². The second kappa shape index (κ2) is 13.9. The molecule has 7 nitrogen and oxygen atoms in total. The van der Waals surface area contributed by atoms with Gasteiger partial charge in [0.05, 0.1) is 19.8 Å². The molecule has 0 bridgehead atoms. The molecule has 34 heavy (non-hydrogen) atoms. The smallest absolute Gasteiger partial charge is 0.338 e. The zero-order valence-electron chi connectivity index (χ0n) is 20.1. The van der Waals surface area contributed by atoms with Crippen molar-refractivity contribution < 1.29 is 33.3 Å². The first kappa shape index (κ1) is 26.7. The lowest BCUT2D eigenvalue weighted by Gasteiger charge is -2.15. The maximum Gasteiger partial charge on any atom is 0.338 e. The fraction of sp³-hybridized carbons (Fsp3) is 0.333. The normalized spacial score (nSPS) is 10.3. The quantitative estimate of drug-likeness (QED) is 0.164. The van der Waals surface area contributed by atoms with Gasteiger partial charge in [0.15, 0.2) is 0 Å². The third-order valence-corrected chi connectivity index (χ3v) is 4.57. The Balaban J connectivity index is 2.08. The minimum Gasteiger partial charge on any atom is -0.493 e. The van der Waals surface area contributed by atoms with Crippen LogP contribution in [0.15, 0.2) is 66.8 Å². The summed E-state index contributed by atoms with van der Waals surface area (Å²) in [6, 6.07) is 12.8. The summed E-state index contributed by atoms with van der Waals surface area (Å²) in [6.45, 7) is 12.1. The van der Waals surface area contributed by atoms with Gasteiger partial charge in [0, 0.05) is 49.3 Å². The van der Waals surface area contributed by atoms with E-state index in [-0.39, 0.29) is 6.61 Å². The highest BCUT2D eigenvalue weighted by molar-refractivity contribution is 5.89. The van der Waals surface area contributed by atoms with Gasteiger partial charge in [-0.3, -0.25) is 0 Å². The molecule has 0 saturated carbocycles. The fourth-order valence-electron chi connectivity index (χ4n) is 2.77. The van der Waals surface area contributed by atoms with E-state index in [1.54, 1.807) is 33.1 Å². The van der Waals surface area contributed by atoms with Gasteiger partial charge in [0.2, 0.25) is 0 Å². The van der Waals surface area contributed by atoms with E-state index < -0.39 is 11.9 Å². The number of carbonyl (C=O) groups excluding carboxylic acids is 2. The molecule has 0 fully saturated rings. The summed E-state index contributed by atoms with van der Waals surface area (Å²) in [5.41, 5.74) is 2.47. The average Bonchev–Trinajstić information content (AvgIpc) is 2.82. The van der Waals surface area contributed by atoms with Gasteiger partial charge in [-0.05, 0) is 43.7 Å². The number of hydrogen-bond donors (Lipinski definition) is 0. The lowest BCUT2D eigenvalue weighted by Crippen LogP contribution is -2.09. The predicted octanol–water partition coefficient (Wildman–Crippen LogP) is 5.14. The van der Waals surface area contributed by atoms with E-state index in [2.05, 4.69) is 13.2 Å². The first-order valence-corrected chi connectivity index (χ1v) is 11.0. The molecule has 0 N–H and O–H groups in total. The first-order valence-electron chi connectivity index (χ1n) is 11.0. The molecule has 2 rings (SSSR count). The van der Waals surface area contributed by atoms with Gasteiger partial charge in [-0.2, -0.15) is 0 Å². The number of ether oxygens (including phenoxy) is 5. The summed E-state index contributed by atoms with van der Waals surface area (Å²) in [7, 11) is 1.65. The lowest BCUT2D eigenvalue weighted by molar-refractivity contribution is -0.139.